The van der Waals surface area contributed by atoms with Crippen molar-refractivity contribution in [2.45, 2.75) is 117 Å². The van der Waals surface area contributed by atoms with Crippen LogP contribution in [0.1, 0.15) is 80.1 Å². The number of hydrogen-bond donors (Lipinski definition) is 0. The van der Waals surface area contributed by atoms with E-state index in [4.69, 9.17) is 13.9 Å². The highest BCUT2D eigenvalue weighted by molar-refractivity contribution is 6.74. The van der Waals surface area contributed by atoms with Crippen molar-refractivity contribution in [3.05, 3.63) is 23.8 Å². The number of fused-ring (bicyclic) bond motifs is 1. The first-order chi connectivity index (χ1) is 16.7. The van der Waals surface area contributed by atoms with Gasteiger partial charge in [-0.15, -0.1) is 0 Å². The average Bonchev–Trinajstić information content (AvgIpc) is 2.77. The Morgan fingerprint density at radius 1 is 1.22 bits per heavy atom. The molecule has 7 atom stereocenters. The Morgan fingerprint density at radius 3 is 2.56 bits per heavy atom. The van der Waals surface area contributed by atoms with Crippen molar-refractivity contribution >= 4 is 26.0 Å². The topological polar surface area (TPSA) is 78.9 Å². The lowest BCUT2D eigenvalue weighted by molar-refractivity contribution is -0.162. The van der Waals surface area contributed by atoms with Gasteiger partial charge in [0.1, 0.15) is 12.2 Å². The number of carbonyl (C=O) groups is 3. The van der Waals surface area contributed by atoms with E-state index in [0.717, 1.165) is 18.4 Å². The summed E-state index contributed by atoms with van der Waals surface area (Å²) >= 11 is 0. The molecule has 0 aromatic heterocycles. The van der Waals surface area contributed by atoms with Gasteiger partial charge in [0.15, 0.2) is 14.1 Å². The predicted octanol–water partition coefficient (Wildman–Crippen LogP) is 6.16. The fourth-order valence-corrected chi connectivity index (χ4v) is 6.73. The minimum Gasteiger partial charge on any atom is -0.462 e. The molecule has 3 aliphatic rings. The zero-order valence-corrected chi connectivity index (χ0v) is 24.5. The lowest BCUT2D eigenvalue weighted by Crippen LogP contribution is -2.47. The van der Waals surface area contributed by atoms with Crippen LogP contribution in [-0.2, 0) is 28.3 Å². The molecule has 1 aliphatic heterocycles. The Balaban J connectivity index is 1.72. The summed E-state index contributed by atoms with van der Waals surface area (Å²) in [7, 11) is -2.00. The number of ketones is 1. The summed E-state index contributed by atoms with van der Waals surface area (Å²) in [4.78, 5) is 37.9. The van der Waals surface area contributed by atoms with Crippen molar-refractivity contribution in [1.82, 2.24) is 0 Å². The van der Waals surface area contributed by atoms with E-state index in [1.165, 1.54) is 0 Å². The molecule has 1 saturated heterocycles. The maximum Gasteiger partial charge on any atom is 0.308 e. The lowest BCUT2D eigenvalue weighted by Gasteiger charge is -2.43. The summed E-state index contributed by atoms with van der Waals surface area (Å²) in [5.41, 5.74) is 0.955. The summed E-state index contributed by atoms with van der Waals surface area (Å²) in [6, 6.07) is 0. The fraction of sp³-hybridized carbons (Fsp3) is 0.759. The molecule has 0 N–H and O–H groups in total. The minimum absolute atomic E-state index is 0.0192. The number of allylic oxidation sites excluding steroid dienone is 2. The molecule has 0 saturated carbocycles. The van der Waals surface area contributed by atoms with Crippen molar-refractivity contribution < 1.29 is 28.3 Å². The van der Waals surface area contributed by atoms with E-state index in [1.807, 2.05) is 32.9 Å². The Morgan fingerprint density at radius 2 is 1.92 bits per heavy atom. The van der Waals surface area contributed by atoms with E-state index in [-0.39, 0.29) is 64.7 Å². The number of esters is 2. The van der Waals surface area contributed by atoms with Crippen LogP contribution in [0, 0.1) is 23.7 Å². The number of carbonyl (C=O) groups excluding carboxylic acids is 3. The molecule has 0 spiro atoms. The van der Waals surface area contributed by atoms with Gasteiger partial charge in [-0.3, -0.25) is 14.4 Å². The highest BCUT2D eigenvalue weighted by Crippen LogP contribution is 2.44. The van der Waals surface area contributed by atoms with Gasteiger partial charge in [0.25, 0.3) is 0 Å². The van der Waals surface area contributed by atoms with E-state index in [2.05, 4.69) is 33.9 Å². The Bertz CT molecular complexity index is 898. The van der Waals surface area contributed by atoms with Gasteiger partial charge >= 0.3 is 11.9 Å². The van der Waals surface area contributed by atoms with Gasteiger partial charge in [-0.25, -0.2) is 0 Å². The molecular weight excluding hydrogens is 472 g/mol. The highest BCUT2D eigenvalue weighted by Gasteiger charge is 2.45. The smallest absolute Gasteiger partial charge is 0.308 e. The molecule has 1 fully saturated rings. The molecule has 0 radical (unpaired) electrons. The van der Waals surface area contributed by atoms with Crippen LogP contribution < -0.4 is 0 Å². The van der Waals surface area contributed by atoms with Crippen LogP contribution in [0.3, 0.4) is 0 Å². The Labute approximate surface area is 218 Å². The fourth-order valence-electron chi connectivity index (χ4n) is 5.36. The van der Waals surface area contributed by atoms with Gasteiger partial charge in [-0.2, -0.15) is 0 Å². The van der Waals surface area contributed by atoms with Crippen molar-refractivity contribution in [2.75, 3.05) is 0 Å². The molecule has 3 rings (SSSR count). The standard InChI is InChI=1S/C29H46O6Si/c1-9-18(2)28(32)34-25-12-10-11-20-15-24(30)19(3)23(27(20)25)14-13-21-16-22(17-26(31)33-21)35-36(7,8)29(4,5)6/h10-11,15,18-19,21-23,25,27H,9,12-14,16-17H2,1-8H3/t18-,19+,21+,22+,23-,25-,27-/m0/s1. The quantitative estimate of drug-likeness (QED) is 0.283. The first-order valence-corrected chi connectivity index (χ1v) is 16.6. The second-order valence-corrected chi connectivity index (χ2v) is 17.3. The number of ether oxygens (including phenoxy) is 2. The Hall–Kier alpha value is -1.73. The summed E-state index contributed by atoms with van der Waals surface area (Å²) in [5, 5.41) is 0.0701. The summed E-state index contributed by atoms with van der Waals surface area (Å²) in [6.07, 6.45) is 8.90. The van der Waals surface area contributed by atoms with E-state index in [1.54, 1.807) is 6.08 Å². The van der Waals surface area contributed by atoms with Crippen LogP contribution in [0.25, 0.3) is 0 Å². The second kappa shape index (κ2) is 11.3. The minimum atomic E-state index is -2.00. The molecule has 0 amide bonds. The van der Waals surface area contributed by atoms with Gasteiger partial charge in [0.05, 0.1) is 18.4 Å². The van der Waals surface area contributed by atoms with Crippen LogP contribution in [0.2, 0.25) is 18.1 Å². The molecular formula is C29H46O6Si. The summed E-state index contributed by atoms with van der Waals surface area (Å²) < 4.78 is 18.3. The van der Waals surface area contributed by atoms with Gasteiger partial charge in [-0.05, 0) is 55.0 Å². The number of rotatable bonds is 8. The molecule has 0 aromatic carbocycles. The van der Waals surface area contributed by atoms with Gasteiger partial charge in [0, 0.05) is 24.7 Å². The highest BCUT2D eigenvalue weighted by atomic mass is 28.4. The van der Waals surface area contributed by atoms with Crippen molar-refractivity contribution in [3.63, 3.8) is 0 Å². The van der Waals surface area contributed by atoms with Crippen molar-refractivity contribution in [1.29, 1.82) is 0 Å². The van der Waals surface area contributed by atoms with Crippen LogP contribution in [-0.4, -0.2) is 44.4 Å². The SMILES string of the molecule is CC[C@H](C)C(=O)O[C@H]1CC=CC2=CC(=O)[C@H](C)[C@H](CC[C@@H]3C[C@@H](O[Si](C)(C)C(C)(C)C)CC(=O)O3)[C@H]21. The van der Waals surface area contributed by atoms with Crippen molar-refractivity contribution in [2.24, 2.45) is 23.7 Å². The van der Waals surface area contributed by atoms with Gasteiger partial charge in [0.2, 0.25) is 0 Å². The molecule has 0 bridgehead atoms. The number of hydrogen-bond acceptors (Lipinski definition) is 6. The predicted molar refractivity (Wildman–Crippen MR) is 143 cm³/mol. The van der Waals surface area contributed by atoms with Crippen LogP contribution in [0.15, 0.2) is 23.8 Å². The first-order valence-electron chi connectivity index (χ1n) is 13.7. The molecule has 202 valence electrons. The Kier molecular flexibility index (Phi) is 9.08. The normalized spacial score (nSPS) is 31.8. The van der Waals surface area contributed by atoms with Gasteiger partial charge in [-0.1, -0.05) is 53.7 Å². The zero-order valence-electron chi connectivity index (χ0n) is 23.5. The monoisotopic (exact) mass is 518 g/mol. The maximum absolute atomic E-state index is 12.8. The molecule has 7 heteroatoms. The van der Waals surface area contributed by atoms with E-state index < -0.39 is 8.32 Å². The summed E-state index contributed by atoms with van der Waals surface area (Å²) in [6.45, 7) is 16.9. The molecule has 0 unspecified atom stereocenters. The van der Waals surface area contributed by atoms with E-state index >= 15 is 0 Å². The van der Waals surface area contributed by atoms with Crippen LogP contribution >= 0.6 is 0 Å². The molecule has 1 heterocycles. The van der Waals surface area contributed by atoms with E-state index in [0.29, 0.717) is 25.7 Å². The molecule has 6 nitrogen and oxygen atoms in total. The van der Waals surface area contributed by atoms with Crippen molar-refractivity contribution in [3.8, 4) is 0 Å². The second-order valence-electron chi connectivity index (χ2n) is 12.6. The zero-order chi connectivity index (χ0) is 26.8. The number of cyclic esters (lactones) is 1. The third kappa shape index (κ3) is 6.57. The van der Waals surface area contributed by atoms with E-state index in [9.17, 15) is 14.4 Å². The largest absolute Gasteiger partial charge is 0.462 e. The third-order valence-electron chi connectivity index (χ3n) is 8.92. The summed E-state index contributed by atoms with van der Waals surface area (Å²) in [5.74, 6) is -0.578. The molecule has 36 heavy (non-hydrogen) atoms. The molecule has 2 aliphatic carbocycles. The third-order valence-corrected chi connectivity index (χ3v) is 13.5. The van der Waals surface area contributed by atoms with Crippen LogP contribution in [0.4, 0.5) is 0 Å². The van der Waals surface area contributed by atoms with Crippen LogP contribution in [0.5, 0.6) is 0 Å². The first kappa shape index (κ1) is 28.8. The molecule has 0 aromatic rings. The lowest BCUT2D eigenvalue weighted by atomic mass is 9.65. The maximum atomic E-state index is 12.8. The average molecular weight is 519 g/mol. The van der Waals surface area contributed by atoms with Gasteiger partial charge < -0.3 is 13.9 Å².